The number of aliphatic hydroxyl groups excluding tert-OH is 2. The number of β-amino-alcohol motifs (C(OH)–C–C–N with tert-alkyl or cyclic N) is 2. The second-order valence-corrected chi connectivity index (χ2v) is 5.34. The van der Waals surface area contributed by atoms with Crippen molar-refractivity contribution in [2.24, 2.45) is 0 Å². The number of carbonyl (C=O) groups excluding carboxylic acids is 1. The number of amides is 1. The molecule has 1 aromatic carbocycles. The second-order valence-electron chi connectivity index (χ2n) is 5.34. The molecule has 2 atom stereocenters. The fourth-order valence-electron chi connectivity index (χ4n) is 2.77. The van der Waals surface area contributed by atoms with Gasteiger partial charge in [0.1, 0.15) is 5.69 Å². The molecular formula is C13H15N3O5. The number of aliphatic hydroxyl groups is 2. The van der Waals surface area contributed by atoms with Crippen LogP contribution in [0.25, 0.3) is 0 Å². The largest absolute Gasteiger partial charge is 0.389 e. The van der Waals surface area contributed by atoms with Crippen LogP contribution in [-0.4, -0.2) is 46.3 Å². The predicted octanol–water partition coefficient (Wildman–Crippen LogP) is 0.0213. The monoisotopic (exact) mass is 293 g/mol. The Bertz CT molecular complexity index is 608. The number of nitro benzene ring substituents is 1. The summed E-state index contributed by atoms with van der Waals surface area (Å²) in [6.07, 6.45) is -0.971. The molecule has 112 valence electrons. The van der Waals surface area contributed by atoms with Crippen LogP contribution in [0.15, 0.2) is 12.1 Å². The van der Waals surface area contributed by atoms with Crippen molar-refractivity contribution in [3.63, 3.8) is 0 Å². The molecule has 2 heterocycles. The van der Waals surface area contributed by atoms with Crippen molar-refractivity contribution in [3.05, 3.63) is 27.8 Å². The number of fused-ring (bicyclic) bond motifs is 1. The minimum atomic E-state index is -0.916. The highest BCUT2D eigenvalue weighted by molar-refractivity contribution is 5.95. The van der Waals surface area contributed by atoms with Gasteiger partial charge >= 0.3 is 0 Å². The number of nitrogens with one attached hydrogen (secondary N) is 1. The van der Waals surface area contributed by atoms with Gasteiger partial charge in [0, 0.05) is 25.6 Å². The Hall–Kier alpha value is -2.19. The third-order valence-electron chi connectivity index (χ3n) is 3.89. The minimum Gasteiger partial charge on any atom is -0.389 e. The van der Waals surface area contributed by atoms with Crippen LogP contribution in [0.2, 0.25) is 0 Å². The number of benzene rings is 1. The third-order valence-corrected chi connectivity index (χ3v) is 3.89. The Balaban J connectivity index is 2.03. The van der Waals surface area contributed by atoms with Crippen LogP contribution in [-0.2, 0) is 11.2 Å². The average molecular weight is 293 g/mol. The number of carbonyl (C=O) groups is 1. The van der Waals surface area contributed by atoms with Gasteiger partial charge in [0.05, 0.1) is 22.8 Å². The second kappa shape index (κ2) is 4.97. The molecule has 3 N–H and O–H groups in total. The van der Waals surface area contributed by atoms with E-state index in [2.05, 4.69) is 5.32 Å². The number of hydrogen-bond acceptors (Lipinski definition) is 6. The van der Waals surface area contributed by atoms with Gasteiger partial charge in [0.15, 0.2) is 0 Å². The Morgan fingerprint density at radius 3 is 2.52 bits per heavy atom. The van der Waals surface area contributed by atoms with Crippen LogP contribution in [0, 0.1) is 10.1 Å². The summed E-state index contributed by atoms with van der Waals surface area (Å²) >= 11 is 0. The zero-order chi connectivity index (χ0) is 15.1. The van der Waals surface area contributed by atoms with Crippen LogP contribution in [0.4, 0.5) is 17.1 Å². The van der Waals surface area contributed by atoms with E-state index in [1.807, 2.05) is 0 Å². The summed E-state index contributed by atoms with van der Waals surface area (Å²) in [4.78, 5) is 23.7. The van der Waals surface area contributed by atoms with E-state index in [0.29, 0.717) is 24.2 Å². The van der Waals surface area contributed by atoms with E-state index < -0.39 is 17.1 Å². The Labute approximate surface area is 120 Å². The molecule has 2 aliphatic heterocycles. The van der Waals surface area contributed by atoms with E-state index in [4.69, 9.17) is 0 Å². The van der Waals surface area contributed by atoms with E-state index in [1.165, 1.54) is 6.07 Å². The maximum absolute atomic E-state index is 11.4. The van der Waals surface area contributed by atoms with Gasteiger partial charge in [-0.25, -0.2) is 0 Å². The molecule has 8 heteroatoms. The zero-order valence-corrected chi connectivity index (χ0v) is 11.2. The summed E-state index contributed by atoms with van der Waals surface area (Å²) in [5.74, 6) is -0.156. The Morgan fingerprint density at radius 2 is 1.90 bits per heavy atom. The van der Waals surface area contributed by atoms with Crippen LogP contribution < -0.4 is 10.2 Å². The number of nitrogens with zero attached hydrogens (tertiary/aromatic N) is 2. The predicted molar refractivity (Wildman–Crippen MR) is 74.3 cm³/mol. The highest BCUT2D eigenvalue weighted by atomic mass is 16.6. The first-order valence-corrected chi connectivity index (χ1v) is 6.68. The summed E-state index contributed by atoms with van der Waals surface area (Å²) in [7, 11) is 0. The highest BCUT2D eigenvalue weighted by Crippen LogP contribution is 2.37. The Morgan fingerprint density at radius 1 is 1.24 bits per heavy atom. The average Bonchev–Trinajstić information content (AvgIpc) is 2.77. The lowest BCUT2D eigenvalue weighted by Gasteiger charge is -2.22. The van der Waals surface area contributed by atoms with Gasteiger partial charge in [-0.05, 0) is 18.1 Å². The first-order valence-electron chi connectivity index (χ1n) is 6.68. The molecule has 8 nitrogen and oxygen atoms in total. The molecule has 0 bridgehead atoms. The van der Waals surface area contributed by atoms with Gasteiger partial charge < -0.3 is 20.4 Å². The van der Waals surface area contributed by atoms with Crippen molar-refractivity contribution in [1.82, 2.24) is 0 Å². The van der Waals surface area contributed by atoms with Gasteiger partial charge in [0.25, 0.3) is 5.69 Å². The summed E-state index contributed by atoms with van der Waals surface area (Å²) in [5.41, 5.74) is 1.51. The summed E-state index contributed by atoms with van der Waals surface area (Å²) in [5, 5.41) is 33.1. The van der Waals surface area contributed by atoms with E-state index >= 15 is 0 Å². The molecular weight excluding hydrogens is 278 g/mol. The molecule has 0 aliphatic carbocycles. The molecule has 3 rings (SSSR count). The van der Waals surface area contributed by atoms with Crippen molar-refractivity contribution >= 4 is 23.0 Å². The van der Waals surface area contributed by atoms with Crippen molar-refractivity contribution in [1.29, 1.82) is 0 Å². The lowest BCUT2D eigenvalue weighted by molar-refractivity contribution is -0.384. The standard InChI is InChI=1S/C13H15N3O5/c17-11-5-15(6-12(11)18)9-3-7-1-2-13(19)14-8(7)4-10(9)16(20)21/h3-4,11-12,17-18H,1-2,5-6H2,(H,14,19). The molecule has 2 unspecified atom stereocenters. The van der Waals surface area contributed by atoms with E-state index in [1.54, 1.807) is 11.0 Å². The molecule has 1 amide bonds. The molecule has 0 saturated carbocycles. The number of nitro groups is 1. The van der Waals surface area contributed by atoms with E-state index in [-0.39, 0.29) is 24.7 Å². The Kier molecular flexibility index (Phi) is 3.26. The van der Waals surface area contributed by atoms with Gasteiger partial charge in [-0.1, -0.05) is 0 Å². The van der Waals surface area contributed by atoms with Crippen LogP contribution in [0.1, 0.15) is 12.0 Å². The van der Waals surface area contributed by atoms with Crippen molar-refractivity contribution in [2.75, 3.05) is 23.3 Å². The maximum Gasteiger partial charge on any atom is 0.294 e. The normalized spacial score (nSPS) is 24.7. The molecule has 2 aliphatic rings. The third kappa shape index (κ3) is 2.43. The fraction of sp³-hybridized carbons (Fsp3) is 0.462. The quantitative estimate of drug-likeness (QED) is 0.523. The van der Waals surface area contributed by atoms with Gasteiger partial charge in [-0.15, -0.1) is 0 Å². The molecule has 1 aromatic rings. The highest BCUT2D eigenvalue weighted by Gasteiger charge is 2.34. The first-order chi connectivity index (χ1) is 9.95. The van der Waals surface area contributed by atoms with Crippen molar-refractivity contribution < 1.29 is 19.9 Å². The number of rotatable bonds is 2. The van der Waals surface area contributed by atoms with Gasteiger partial charge in [-0.3, -0.25) is 14.9 Å². The molecule has 0 radical (unpaired) electrons. The zero-order valence-electron chi connectivity index (χ0n) is 11.2. The molecule has 21 heavy (non-hydrogen) atoms. The lowest BCUT2D eigenvalue weighted by atomic mass is 10.0. The molecule has 1 saturated heterocycles. The first kappa shape index (κ1) is 13.8. The fourth-order valence-corrected chi connectivity index (χ4v) is 2.77. The lowest BCUT2D eigenvalue weighted by Crippen LogP contribution is -2.24. The summed E-state index contributed by atoms with van der Waals surface area (Å²) in [6.45, 7) is 0.292. The number of aryl methyl sites for hydroxylation is 1. The summed E-state index contributed by atoms with van der Waals surface area (Å²) in [6, 6.07) is 3.01. The van der Waals surface area contributed by atoms with Crippen LogP contribution in [0.5, 0.6) is 0 Å². The summed E-state index contributed by atoms with van der Waals surface area (Å²) < 4.78 is 0. The van der Waals surface area contributed by atoms with Gasteiger partial charge in [-0.2, -0.15) is 0 Å². The molecule has 1 fully saturated rings. The van der Waals surface area contributed by atoms with Crippen molar-refractivity contribution in [3.8, 4) is 0 Å². The van der Waals surface area contributed by atoms with Gasteiger partial charge in [0.2, 0.25) is 5.91 Å². The van der Waals surface area contributed by atoms with E-state index in [9.17, 15) is 25.1 Å². The minimum absolute atomic E-state index is 0.141. The molecule has 0 spiro atoms. The number of anilines is 2. The van der Waals surface area contributed by atoms with Crippen LogP contribution >= 0.6 is 0 Å². The SMILES string of the molecule is O=C1CCc2cc(N3CC(O)C(O)C3)c([N+](=O)[O-])cc2N1. The smallest absolute Gasteiger partial charge is 0.294 e. The maximum atomic E-state index is 11.4. The molecule has 0 aromatic heterocycles. The topological polar surface area (TPSA) is 116 Å². The number of hydrogen-bond donors (Lipinski definition) is 3. The van der Waals surface area contributed by atoms with Crippen LogP contribution in [0.3, 0.4) is 0 Å². The van der Waals surface area contributed by atoms with Crippen molar-refractivity contribution in [2.45, 2.75) is 25.0 Å². The van der Waals surface area contributed by atoms with E-state index in [0.717, 1.165) is 5.56 Å².